The molecule has 0 N–H and O–H groups in total. The van der Waals surface area contributed by atoms with E-state index in [1.54, 1.807) is 21.0 Å². The molecule has 0 aliphatic heterocycles. The summed E-state index contributed by atoms with van der Waals surface area (Å²) in [5, 5.41) is 0. The lowest BCUT2D eigenvalue weighted by atomic mass is 10.1. The van der Waals surface area contributed by atoms with E-state index in [1.165, 1.54) is 0 Å². The SMILES string of the molecule is CCOC(=O)c1c(C)nc(C)c(C)c1OC. The first kappa shape index (κ1) is 12.5. The normalized spacial score (nSPS) is 10.1. The summed E-state index contributed by atoms with van der Waals surface area (Å²) >= 11 is 0. The Morgan fingerprint density at radius 2 is 1.88 bits per heavy atom. The van der Waals surface area contributed by atoms with Crippen LogP contribution in [0.15, 0.2) is 0 Å². The van der Waals surface area contributed by atoms with E-state index in [9.17, 15) is 4.79 Å². The molecule has 0 aliphatic carbocycles. The number of rotatable bonds is 3. The van der Waals surface area contributed by atoms with Gasteiger partial charge in [-0.15, -0.1) is 0 Å². The smallest absolute Gasteiger partial charge is 0.343 e. The maximum absolute atomic E-state index is 11.8. The number of methoxy groups -OCH3 is 1. The van der Waals surface area contributed by atoms with E-state index in [1.807, 2.05) is 13.8 Å². The number of pyridine rings is 1. The van der Waals surface area contributed by atoms with Crippen LogP contribution in [0, 0.1) is 20.8 Å². The fraction of sp³-hybridized carbons (Fsp3) is 0.500. The fourth-order valence-corrected chi connectivity index (χ4v) is 1.61. The largest absolute Gasteiger partial charge is 0.495 e. The molecule has 0 fully saturated rings. The van der Waals surface area contributed by atoms with Crippen LogP contribution in [-0.4, -0.2) is 24.7 Å². The Hall–Kier alpha value is -1.58. The third-order valence-corrected chi connectivity index (χ3v) is 2.49. The van der Waals surface area contributed by atoms with Gasteiger partial charge >= 0.3 is 5.97 Å². The Morgan fingerprint density at radius 1 is 1.25 bits per heavy atom. The van der Waals surface area contributed by atoms with E-state index in [0.29, 0.717) is 23.6 Å². The highest BCUT2D eigenvalue weighted by molar-refractivity contribution is 5.94. The van der Waals surface area contributed by atoms with Gasteiger partial charge in [0.05, 0.1) is 19.4 Å². The van der Waals surface area contributed by atoms with E-state index in [0.717, 1.165) is 11.3 Å². The van der Waals surface area contributed by atoms with Crippen LogP contribution in [0.5, 0.6) is 5.75 Å². The molecule has 0 spiro atoms. The Labute approximate surface area is 95.6 Å². The van der Waals surface area contributed by atoms with E-state index in [2.05, 4.69) is 4.98 Å². The van der Waals surface area contributed by atoms with Gasteiger partial charge in [0.2, 0.25) is 0 Å². The third-order valence-electron chi connectivity index (χ3n) is 2.49. The minimum Gasteiger partial charge on any atom is -0.495 e. The second-order valence-corrected chi connectivity index (χ2v) is 3.54. The highest BCUT2D eigenvalue weighted by Gasteiger charge is 2.20. The molecule has 0 aliphatic rings. The van der Waals surface area contributed by atoms with Crippen molar-refractivity contribution >= 4 is 5.97 Å². The molecule has 0 amide bonds. The molecule has 1 aromatic heterocycles. The molecule has 0 atom stereocenters. The molecule has 0 bridgehead atoms. The maximum atomic E-state index is 11.8. The molecule has 4 nitrogen and oxygen atoms in total. The molecule has 1 rings (SSSR count). The van der Waals surface area contributed by atoms with Gasteiger partial charge in [-0.25, -0.2) is 4.79 Å². The summed E-state index contributed by atoms with van der Waals surface area (Å²) in [7, 11) is 1.55. The lowest BCUT2D eigenvalue weighted by Crippen LogP contribution is -2.12. The first-order valence-corrected chi connectivity index (χ1v) is 5.21. The van der Waals surface area contributed by atoms with Crippen molar-refractivity contribution < 1.29 is 14.3 Å². The zero-order valence-corrected chi connectivity index (χ0v) is 10.4. The average molecular weight is 223 g/mol. The Bertz CT molecular complexity index is 413. The molecule has 0 aromatic carbocycles. The van der Waals surface area contributed by atoms with E-state index < -0.39 is 0 Å². The second kappa shape index (κ2) is 4.96. The van der Waals surface area contributed by atoms with Crippen LogP contribution in [0.25, 0.3) is 0 Å². The van der Waals surface area contributed by atoms with Crippen molar-refractivity contribution in [2.24, 2.45) is 0 Å². The number of hydrogen-bond donors (Lipinski definition) is 0. The molecule has 1 heterocycles. The number of aryl methyl sites for hydroxylation is 2. The van der Waals surface area contributed by atoms with Crippen molar-refractivity contribution in [3.8, 4) is 5.75 Å². The first-order valence-electron chi connectivity index (χ1n) is 5.21. The number of nitrogens with zero attached hydrogens (tertiary/aromatic N) is 1. The van der Waals surface area contributed by atoms with E-state index in [-0.39, 0.29) is 5.97 Å². The quantitative estimate of drug-likeness (QED) is 0.737. The van der Waals surface area contributed by atoms with Gasteiger partial charge in [0, 0.05) is 11.3 Å². The second-order valence-electron chi connectivity index (χ2n) is 3.54. The Kier molecular flexibility index (Phi) is 3.88. The van der Waals surface area contributed by atoms with Crippen molar-refractivity contribution in [1.29, 1.82) is 0 Å². The van der Waals surface area contributed by atoms with E-state index >= 15 is 0 Å². The van der Waals surface area contributed by atoms with Gasteiger partial charge in [-0.05, 0) is 27.7 Å². The number of esters is 1. The summed E-state index contributed by atoms with van der Waals surface area (Å²) in [6.07, 6.45) is 0. The van der Waals surface area contributed by atoms with Crippen molar-refractivity contribution in [3.63, 3.8) is 0 Å². The predicted octanol–water partition coefficient (Wildman–Crippen LogP) is 2.19. The fourth-order valence-electron chi connectivity index (χ4n) is 1.61. The maximum Gasteiger partial charge on any atom is 0.343 e. The number of carbonyl (C=O) groups is 1. The minimum absolute atomic E-state index is 0.342. The summed E-state index contributed by atoms with van der Waals surface area (Å²) < 4.78 is 10.3. The number of aromatic nitrogens is 1. The Balaban J connectivity index is 3.36. The minimum atomic E-state index is -0.382. The highest BCUT2D eigenvalue weighted by Crippen LogP contribution is 2.27. The lowest BCUT2D eigenvalue weighted by molar-refractivity contribution is 0.0521. The van der Waals surface area contributed by atoms with Gasteiger partial charge in [-0.2, -0.15) is 0 Å². The summed E-state index contributed by atoms with van der Waals surface area (Å²) in [6, 6.07) is 0. The number of ether oxygens (including phenoxy) is 2. The standard InChI is InChI=1S/C12H17NO3/c1-6-16-12(14)10-9(4)13-8(3)7(2)11(10)15-5/h6H2,1-5H3. The Morgan fingerprint density at radius 3 is 2.38 bits per heavy atom. The summed E-state index contributed by atoms with van der Waals surface area (Å²) in [5.41, 5.74) is 2.80. The molecule has 0 saturated heterocycles. The molecule has 88 valence electrons. The van der Waals surface area contributed by atoms with Crippen LogP contribution < -0.4 is 4.74 Å². The first-order chi connectivity index (χ1) is 7.52. The van der Waals surface area contributed by atoms with Crippen LogP contribution in [0.1, 0.15) is 34.2 Å². The van der Waals surface area contributed by atoms with Crippen molar-refractivity contribution in [2.45, 2.75) is 27.7 Å². The van der Waals surface area contributed by atoms with Crippen LogP contribution in [0.2, 0.25) is 0 Å². The molecular formula is C12H17NO3. The topological polar surface area (TPSA) is 48.4 Å². The molecule has 16 heavy (non-hydrogen) atoms. The zero-order valence-electron chi connectivity index (χ0n) is 10.4. The summed E-state index contributed by atoms with van der Waals surface area (Å²) in [5.74, 6) is 0.177. The molecule has 0 saturated carbocycles. The average Bonchev–Trinajstić information content (AvgIpc) is 2.23. The molecule has 0 radical (unpaired) electrons. The molecule has 4 heteroatoms. The van der Waals surface area contributed by atoms with E-state index in [4.69, 9.17) is 9.47 Å². The third kappa shape index (κ3) is 2.15. The van der Waals surface area contributed by atoms with Gasteiger partial charge in [0.15, 0.2) is 0 Å². The number of carbonyl (C=O) groups excluding carboxylic acids is 1. The van der Waals surface area contributed by atoms with Gasteiger partial charge in [0.1, 0.15) is 11.3 Å². The van der Waals surface area contributed by atoms with Crippen molar-refractivity contribution in [3.05, 3.63) is 22.5 Å². The summed E-state index contributed by atoms with van der Waals surface area (Å²) in [4.78, 5) is 16.1. The number of hydrogen-bond acceptors (Lipinski definition) is 4. The van der Waals surface area contributed by atoms with Gasteiger partial charge < -0.3 is 9.47 Å². The monoisotopic (exact) mass is 223 g/mol. The molecule has 1 aromatic rings. The van der Waals surface area contributed by atoms with Gasteiger partial charge in [-0.1, -0.05) is 0 Å². The van der Waals surface area contributed by atoms with Crippen molar-refractivity contribution in [1.82, 2.24) is 4.98 Å². The predicted molar refractivity (Wildman–Crippen MR) is 61.0 cm³/mol. The van der Waals surface area contributed by atoms with Gasteiger partial charge in [-0.3, -0.25) is 4.98 Å². The van der Waals surface area contributed by atoms with Gasteiger partial charge in [0.25, 0.3) is 0 Å². The van der Waals surface area contributed by atoms with Crippen molar-refractivity contribution in [2.75, 3.05) is 13.7 Å². The summed E-state index contributed by atoms with van der Waals surface area (Å²) in [6.45, 7) is 7.66. The van der Waals surface area contributed by atoms with Crippen LogP contribution in [0.4, 0.5) is 0 Å². The van der Waals surface area contributed by atoms with Crippen LogP contribution in [-0.2, 0) is 4.74 Å². The lowest BCUT2D eigenvalue weighted by Gasteiger charge is -2.14. The zero-order chi connectivity index (χ0) is 12.3. The highest BCUT2D eigenvalue weighted by atomic mass is 16.5. The van der Waals surface area contributed by atoms with Crippen LogP contribution >= 0.6 is 0 Å². The molecule has 0 unspecified atom stereocenters. The molecular weight excluding hydrogens is 206 g/mol. The van der Waals surface area contributed by atoms with Crippen LogP contribution in [0.3, 0.4) is 0 Å².